The summed E-state index contributed by atoms with van der Waals surface area (Å²) in [5.41, 5.74) is 9.22. The fourth-order valence-electron chi connectivity index (χ4n) is 12.0. The second-order valence-corrected chi connectivity index (χ2v) is 29.4. The molecule has 2 atom stereocenters. The van der Waals surface area contributed by atoms with E-state index in [4.69, 9.17) is 27.0 Å². The molecule has 0 spiro atoms. The van der Waals surface area contributed by atoms with E-state index in [0.29, 0.717) is 36.1 Å². The highest BCUT2D eigenvalue weighted by Crippen LogP contribution is 2.55. The Morgan fingerprint density at radius 1 is 0.422 bits per heavy atom. The molecule has 0 saturated heterocycles. The van der Waals surface area contributed by atoms with E-state index in [1.165, 1.54) is 197 Å². The lowest BCUT2D eigenvalue weighted by atomic mass is 9.91. The highest BCUT2D eigenvalue weighted by molar-refractivity contribution is 7.25. The molecule has 0 saturated carbocycles. The molecule has 8 rings (SSSR count). The van der Waals surface area contributed by atoms with Crippen LogP contribution in [0.3, 0.4) is 0 Å². The molecule has 0 aliphatic rings. The first kappa shape index (κ1) is 65.4. The number of benzene rings is 2. The number of thiophene rings is 4. The fraction of sp³-hybridized carbons (Fsp3) is 0.600. The van der Waals surface area contributed by atoms with Gasteiger partial charge in [-0.05, 0) is 105 Å². The minimum absolute atomic E-state index is 0.236. The minimum atomic E-state index is -0.236. The summed E-state index contributed by atoms with van der Waals surface area (Å²) < 4.78 is 51.7. The Kier molecular flexibility index (Phi) is 27.3. The average Bonchev–Trinajstić information content (AvgIpc) is 4.29. The number of unbranched alkanes of at least 4 members (excludes halogenated alkanes) is 20. The number of nitrogens with zero attached hydrogens (tertiary/aromatic N) is 4. The van der Waals surface area contributed by atoms with Crippen LogP contribution >= 0.6 is 68.8 Å². The van der Waals surface area contributed by atoms with Crippen LogP contribution in [0, 0.1) is 31.5 Å². The Bertz CT molecular complexity index is 3180. The Labute approximate surface area is 523 Å². The van der Waals surface area contributed by atoms with Crippen molar-refractivity contribution in [1.82, 2.24) is 17.5 Å². The molecule has 0 aliphatic carbocycles. The molecule has 6 nitrogen and oxygen atoms in total. The van der Waals surface area contributed by atoms with E-state index in [1.807, 2.05) is 0 Å². The zero-order chi connectivity index (χ0) is 58.3. The van der Waals surface area contributed by atoms with Gasteiger partial charge in [0.1, 0.15) is 27.9 Å². The van der Waals surface area contributed by atoms with Crippen LogP contribution in [0.25, 0.3) is 73.6 Å². The van der Waals surface area contributed by atoms with Crippen molar-refractivity contribution in [2.24, 2.45) is 11.8 Å². The molecule has 2 aromatic carbocycles. The van der Waals surface area contributed by atoms with Crippen molar-refractivity contribution in [3.8, 4) is 63.0 Å². The van der Waals surface area contributed by atoms with Crippen LogP contribution in [-0.2, 0) is 12.8 Å². The second kappa shape index (κ2) is 34.7. The van der Waals surface area contributed by atoms with Crippen molar-refractivity contribution in [3.63, 3.8) is 0 Å². The zero-order valence-corrected chi connectivity index (χ0v) is 56.7. The number of aryl methyl sites for hydroxylation is 2. The molecule has 0 radical (unpaired) electrons. The summed E-state index contributed by atoms with van der Waals surface area (Å²) in [7, 11) is 0. The van der Waals surface area contributed by atoms with E-state index in [0.717, 1.165) is 114 Å². The highest BCUT2D eigenvalue weighted by Gasteiger charge is 2.30. The van der Waals surface area contributed by atoms with E-state index in [9.17, 15) is 0 Å². The van der Waals surface area contributed by atoms with E-state index in [-0.39, 0.29) is 5.82 Å². The third-order valence-corrected chi connectivity index (χ3v) is 22.8. The summed E-state index contributed by atoms with van der Waals surface area (Å²) in [6, 6.07) is 15.3. The van der Waals surface area contributed by atoms with Crippen LogP contribution < -0.4 is 9.47 Å². The normalized spacial score (nSPS) is 12.6. The van der Waals surface area contributed by atoms with Gasteiger partial charge in [0, 0.05) is 44.6 Å². The summed E-state index contributed by atoms with van der Waals surface area (Å²) in [5.74, 6) is 2.52. The van der Waals surface area contributed by atoms with Gasteiger partial charge >= 0.3 is 0 Å². The molecule has 83 heavy (non-hydrogen) atoms. The van der Waals surface area contributed by atoms with Crippen molar-refractivity contribution < 1.29 is 13.9 Å². The number of ether oxygens (including phenoxy) is 2. The maximum Gasteiger partial charge on any atom is 0.172 e. The molecule has 2 unspecified atom stereocenters. The zero-order valence-electron chi connectivity index (χ0n) is 51.8. The standard InChI is InChI=1S/C70H97FN4O2S6/c1-9-15-19-21-23-25-27-29-31-33-41-76-68-62(56-38-37-48(7)78-56)66-67(75-83-74-66)63(69(68)77-42-34-32-30-28-26-24-22-20-16-10-2)57-39-40-58(80-57)70-53(44-51(14-6)36-18-12-4)46-60(81-70)61-55(71)47-54(64-65(61)73-82-72-64)59-45-52(49(8)79-59)43-50(13-5)35-17-11-3/h37-40,45-47,50-51H,9-36,41-44H2,1-8H3. The highest BCUT2D eigenvalue weighted by atomic mass is 32.1. The Morgan fingerprint density at radius 2 is 0.867 bits per heavy atom. The monoisotopic (exact) mass is 1240 g/mol. The summed E-state index contributed by atoms with van der Waals surface area (Å²) in [4.78, 5) is 9.11. The molecule has 8 aromatic rings. The van der Waals surface area contributed by atoms with Crippen LogP contribution in [-0.4, -0.2) is 30.7 Å². The van der Waals surface area contributed by atoms with Gasteiger partial charge in [-0.15, -0.1) is 45.3 Å². The van der Waals surface area contributed by atoms with E-state index < -0.39 is 0 Å². The van der Waals surface area contributed by atoms with Gasteiger partial charge in [0.2, 0.25) is 0 Å². The number of hydrogen-bond acceptors (Lipinski definition) is 12. The van der Waals surface area contributed by atoms with Gasteiger partial charge in [-0.1, -0.05) is 208 Å². The van der Waals surface area contributed by atoms with Gasteiger partial charge in [-0.25, -0.2) is 4.39 Å². The van der Waals surface area contributed by atoms with Crippen LogP contribution in [0.5, 0.6) is 11.5 Å². The van der Waals surface area contributed by atoms with E-state index in [2.05, 4.69) is 91.8 Å². The molecule has 0 N–H and O–H groups in total. The first-order valence-corrected chi connectivity index (χ1v) is 37.4. The predicted molar refractivity (Wildman–Crippen MR) is 365 cm³/mol. The van der Waals surface area contributed by atoms with Gasteiger partial charge in [-0.2, -0.15) is 17.5 Å². The Balaban J connectivity index is 1.16. The Hall–Kier alpha value is -3.59. The van der Waals surface area contributed by atoms with Gasteiger partial charge < -0.3 is 9.47 Å². The van der Waals surface area contributed by atoms with Gasteiger partial charge in [0.05, 0.1) is 53.4 Å². The predicted octanol–water partition coefficient (Wildman–Crippen LogP) is 25.2. The number of aromatic nitrogens is 4. The molecule has 6 heterocycles. The summed E-state index contributed by atoms with van der Waals surface area (Å²) in [6.45, 7) is 19.4. The number of rotatable bonds is 41. The molecule has 13 heteroatoms. The maximum atomic E-state index is 17.4. The largest absolute Gasteiger partial charge is 0.489 e. The number of halogens is 1. The van der Waals surface area contributed by atoms with Crippen LogP contribution in [0.15, 0.2) is 42.5 Å². The van der Waals surface area contributed by atoms with Crippen LogP contribution in [0.1, 0.15) is 242 Å². The SMILES string of the molecule is CCCCCCCCCCCCOc1c(OCCCCCCCCCCCC)c(-c2ccc(-c3sc(-c4c(F)cc(-c5cc(CC(CC)CCCC)c(C)s5)c5nsnc45)cc3CC(CC)CCCC)s2)c2nsnc2c1-c1ccc(C)s1. The lowest BCUT2D eigenvalue weighted by Crippen LogP contribution is -2.06. The maximum absolute atomic E-state index is 17.4. The average molecular weight is 1240 g/mol. The van der Waals surface area contributed by atoms with Gasteiger partial charge in [-0.3, -0.25) is 0 Å². The molecule has 6 aromatic heterocycles. The lowest BCUT2D eigenvalue weighted by Gasteiger charge is -2.20. The van der Waals surface area contributed by atoms with Crippen LogP contribution in [0.4, 0.5) is 4.39 Å². The summed E-state index contributed by atoms with van der Waals surface area (Å²) in [6.07, 6.45) is 36.8. The topological polar surface area (TPSA) is 70.0 Å². The van der Waals surface area contributed by atoms with Crippen LogP contribution in [0.2, 0.25) is 0 Å². The molecular formula is C70H97FN4O2S6. The van der Waals surface area contributed by atoms with E-state index >= 15 is 4.39 Å². The molecule has 0 aliphatic heterocycles. The van der Waals surface area contributed by atoms with Crippen molar-refractivity contribution in [1.29, 1.82) is 0 Å². The smallest absolute Gasteiger partial charge is 0.172 e. The third kappa shape index (κ3) is 17.8. The number of fused-ring (bicyclic) bond motifs is 2. The fourth-order valence-corrected chi connectivity index (χ4v) is 17.5. The first-order valence-electron chi connectivity index (χ1n) is 32.6. The summed E-state index contributed by atoms with van der Waals surface area (Å²) >= 11 is 9.50. The first-order chi connectivity index (χ1) is 40.7. The quantitative estimate of drug-likeness (QED) is 0.0356. The second-order valence-electron chi connectivity index (χ2n) is 23.6. The molecule has 0 bridgehead atoms. The lowest BCUT2D eigenvalue weighted by molar-refractivity contribution is 0.260. The molecule has 0 amide bonds. The van der Waals surface area contributed by atoms with E-state index in [1.54, 1.807) is 51.4 Å². The Morgan fingerprint density at radius 3 is 1.37 bits per heavy atom. The molecular weight excluding hydrogens is 1140 g/mol. The van der Waals surface area contributed by atoms with Crippen molar-refractivity contribution in [3.05, 3.63) is 69.2 Å². The van der Waals surface area contributed by atoms with Gasteiger partial charge in [0.15, 0.2) is 11.5 Å². The van der Waals surface area contributed by atoms with Crippen molar-refractivity contribution in [2.75, 3.05) is 13.2 Å². The third-order valence-electron chi connectivity index (χ3n) is 17.1. The molecule has 0 fully saturated rings. The minimum Gasteiger partial charge on any atom is -0.489 e. The number of hydrogen-bond donors (Lipinski definition) is 0. The summed E-state index contributed by atoms with van der Waals surface area (Å²) in [5, 5.41) is 0. The molecule has 452 valence electrons. The van der Waals surface area contributed by atoms with Crippen molar-refractivity contribution in [2.45, 2.75) is 248 Å². The van der Waals surface area contributed by atoms with Gasteiger partial charge in [0.25, 0.3) is 0 Å². The van der Waals surface area contributed by atoms with Crippen molar-refractivity contribution >= 4 is 90.9 Å².